The van der Waals surface area contributed by atoms with Gasteiger partial charge in [-0.15, -0.1) is 0 Å². The maximum Gasteiger partial charge on any atom is 0.166 e. The molecule has 0 amide bonds. The van der Waals surface area contributed by atoms with Crippen molar-refractivity contribution in [1.29, 1.82) is 0 Å². The Morgan fingerprint density at radius 3 is 2.80 bits per heavy atom. The molecule has 4 heterocycles. The Hall–Kier alpha value is -3.61. The largest absolute Gasteiger partial charge is 0.485 e. The second-order valence-electron chi connectivity index (χ2n) is 7.73. The third-order valence-corrected chi connectivity index (χ3v) is 5.49. The first kappa shape index (κ1) is 18.4. The van der Waals surface area contributed by atoms with Crippen LogP contribution in [0.5, 0.6) is 5.75 Å². The first-order valence-corrected chi connectivity index (χ1v) is 10.1. The molecule has 1 aliphatic heterocycles. The highest BCUT2D eigenvalue weighted by molar-refractivity contribution is 5.67. The summed E-state index contributed by atoms with van der Waals surface area (Å²) in [5.41, 5.74) is 14.5. The highest BCUT2D eigenvalue weighted by atomic mass is 16.5. The van der Waals surface area contributed by atoms with Crippen LogP contribution < -0.4 is 10.5 Å². The van der Waals surface area contributed by atoms with Crippen LogP contribution in [-0.4, -0.2) is 24.5 Å². The van der Waals surface area contributed by atoms with Gasteiger partial charge >= 0.3 is 0 Å². The molecule has 0 fully saturated rings. The van der Waals surface area contributed by atoms with Gasteiger partial charge in [0.2, 0.25) is 0 Å². The number of rotatable bonds is 1. The first-order valence-electron chi connectivity index (χ1n) is 10.1. The molecule has 1 aliphatic rings. The molecule has 0 radical (unpaired) electrons. The normalized spacial score (nSPS) is 12.8. The zero-order chi connectivity index (χ0) is 20.8. The van der Waals surface area contributed by atoms with Crippen LogP contribution in [0.1, 0.15) is 35.0 Å². The number of nitrogens with two attached hydrogens (primary N) is 1. The number of anilines is 1. The highest BCUT2D eigenvalue weighted by Crippen LogP contribution is 2.33. The molecular formula is C23H24N6O. The molecule has 3 aromatic heterocycles. The van der Waals surface area contributed by atoms with E-state index in [1.807, 2.05) is 28.6 Å². The number of ether oxygens (including phenoxy) is 1. The maximum absolute atomic E-state index is 6.16. The summed E-state index contributed by atoms with van der Waals surface area (Å²) in [5.74, 6) is 0.956. The third-order valence-electron chi connectivity index (χ3n) is 5.49. The topological polar surface area (TPSA) is 83.8 Å². The molecule has 2 bridgehead atoms. The first-order chi connectivity index (χ1) is 14.5. The Balaban J connectivity index is 1.78. The van der Waals surface area contributed by atoms with E-state index in [0.29, 0.717) is 24.6 Å². The van der Waals surface area contributed by atoms with Gasteiger partial charge < -0.3 is 10.5 Å². The summed E-state index contributed by atoms with van der Waals surface area (Å²) in [5, 5.41) is 9.40. The number of benzene rings is 1. The zero-order valence-corrected chi connectivity index (χ0v) is 17.4. The fourth-order valence-corrected chi connectivity index (χ4v) is 4.10. The van der Waals surface area contributed by atoms with Gasteiger partial charge in [0, 0.05) is 41.5 Å². The summed E-state index contributed by atoms with van der Waals surface area (Å²) >= 11 is 0. The predicted octanol–water partition coefficient (Wildman–Crippen LogP) is 3.83. The van der Waals surface area contributed by atoms with Crippen molar-refractivity contribution < 1.29 is 4.74 Å². The van der Waals surface area contributed by atoms with E-state index < -0.39 is 0 Å². The molecule has 1 aromatic carbocycles. The van der Waals surface area contributed by atoms with Gasteiger partial charge in [0.25, 0.3) is 0 Å². The second-order valence-corrected chi connectivity index (χ2v) is 7.73. The number of nitrogens with zero attached hydrogens (tertiary/aromatic N) is 5. The van der Waals surface area contributed by atoms with Crippen molar-refractivity contribution in [3.63, 3.8) is 0 Å². The summed E-state index contributed by atoms with van der Waals surface area (Å²) in [6, 6.07) is 10.4. The average molecular weight is 400 g/mol. The van der Waals surface area contributed by atoms with Gasteiger partial charge in [-0.25, -0.2) is 9.67 Å². The standard InChI is InChI=1S/C23H24N6O/c1-4-28-22-16(12-26-28)9-19-8-15(3)27-29(19)20-6-5-14(2)7-18(20)13-30-21-10-17(22)11-25-23(21)24/h5-8,10-12H,4,9,13H2,1-3H3,(H2,24,25). The van der Waals surface area contributed by atoms with Crippen molar-refractivity contribution in [1.82, 2.24) is 24.5 Å². The van der Waals surface area contributed by atoms with Crippen LogP contribution in [0.2, 0.25) is 0 Å². The molecular weight excluding hydrogens is 376 g/mol. The number of aromatic nitrogens is 5. The number of hydrogen-bond donors (Lipinski definition) is 1. The predicted molar refractivity (Wildman–Crippen MR) is 116 cm³/mol. The highest BCUT2D eigenvalue weighted by Gasteiger charge is 2.20. The van der Waals surface area contributed by atoms with Gasteiger partial charge in [-0.1, -0.05) is 17.7 Å². The summed E-state index contributed by atoms with van der Waals surface area (Å²) in [6.07, 6.45) is 4.44. The quantitative estimate of drug-likeness (QED) is 0.525. The van der Waals surface area contributed by atoms with Crippen LogP contribution in [-0.2, 0) is 19.6 Å². The van der Waals surface area contributed by atoms with Crippen LogP contribution in [0.3, 0.4) is 0 Å². The van der Waals surface area contributed by atoms with Crippen molar-refractivity contribution in [2.75, 3.05) is 5.73 Å². The lowest BCUT2D eigenvalue weighted by atomic mass is 10.0. The van der Waals surface area contributed by atoms with Crippen LogP contribution >= 0.6 is 0 Å². The lowest BCUT2D eigenvalue weighted by Gasteiger charge is -2.17. The van der Waals surface area contributed by atoms with Gasteiger partial charge in [-0.05, 0) is 39.0 Å². The van der Waals surface area contributed by atoms with Gasteiger partial charge in [0.1, 0.15) is 6.61 Å². The van der Waals surface area contributed by atoms with Crippen molar-refractivity contribution in [2.45, 2.75) is 40.3 Å². The van der Waals surface area contributed by atoms with Crippen molar-refractivity contribution in [2.24, 2.45) is 0 Å². The van der Waals surface area contributed by atoms with Crippen LogP contribution in [0, 0.1) is 13.8 Å². The number of nitrogen functional groups attached to an aromatic ring is 1. The molecule has 2 N–H and O–H groups in total. The van der Waals surface area contributed by atoms with Gasteiger partial charge in [-0.3, -0.25) is 4.68 Å². The van der Waals surface area contributed by atoms with Gasteiger partial charge in [0.05, 0.1) is 23.3 Å². The molecule has 0 unspecified atom stereocenters. The second kappa shape index (κ2) is 7.02. The number of hydrogen-bond acceptors (Lipinski definition) is 5. The number of pyridine rings is 1. The molecule has 0 saturated carbocycles. The molecule has 0 atom stereocenters. The van der Waals surface area contributed by atoms with Crippen molar-refractivity contribution >= 4 is 5.82 Å². The van der Waals surface area contributed by atoms with Crippen LogP contribution in [0.25, 0.3) is 16.9 Å². The minimum Gasteiger partial charge on any atom is -0.485 e. The van der Waals surface area contributed by atoms with Gasteiger partial charge in [0.15, 0.2) is 11.6 Å². The molecule has 0 spiro atoms. The van der Waals surface area contributed by atoms with Crippen molar-refractivity contribution in [3.05, 3.63) is 70.8 Å². The summed E-state index contributed by atoms with van der Waals surface area (Å²) in [4.78, 5) is 4.40. The molecule has 0 aliphatic carbocycles. The molecule has 4 aromatic rings. The summed E-state index contributed by atoms with van der Waals surface area (Å²) in [6.45, 7) is 7.32. The molecule has 30 heavy (non-hydrogen) atoms. The average Bonchev–Trinajstić information content (AvgIpc) is 3.30. The Kier molecular flexibility index (Phi) is 4.31. The lowest BCUT2D eigenvalue weighted by molar-refractivity contribution is 0.306. The smallest absolute Gasteiger partial charge is 0.166 e. The number of aryl methyl sites for hydroxylation is 3. The molecule has 0 saturated heterocycles. The minimum atomic E-state index is 0.379. The van der Waals surface area contributed by atoms with E-state index in [-0.39, 0.29) is 0 Å². The van der Waals surface area contributed by atoms with E-state index in [4.69, 9.17) is 15.6 Å². The monoisotopic (exact) mass is 400 g/mol. The SMILES string of the molecule is CCn1ncc2c1-c1cnc(N)c(c1)OCc1cc(C)ccc1-n1nc(C)cc1C2. The Morgan fingerprint density at radius 2 is 1.97 bits per heavy atom. The van der Waals surface area contributed by atoms with E-state index in [2.05, 4.69) is 48.2 Å². The van der Waals surface area contributed by atoms with E-state index in [0.717, 1.165) is 46.0 Å². The van der Waals surface area contributed by atoms with E-state index in [1.54, 1.807) is 6.20 Å². The Morgan fingerprint density at radius 1 is 1.10 bits per heavy atom. The Labute approximate surface area is 175 Å². The minimum absolute atomic E-state index is 0.379. The van der Waals surface area contributed by atoms with Crippen LogP contribution in [0.4, 0.5) is 5.82 Å². The van der Waals surface area contributed by atoms with E-state index in [1.165, 1.54) is 5.56 Å². The lowest BCUT2D eigenvalue weighted by Crippen LogP contribution is -2.11. The summed E-state index contributed by atoms with van der Waals surface area (Å²) < 4.78 is 10.2. The van der Waals surface area contributed by atoms with Crippen molar-refractivity contribution in [3.8, 4) is 22.7 Å². The third kappa shape index (κ3) is 3.03. The maximum atomic E-state index is 6.16. The number of fused-ring (bicyclic) bond motifs is 7. The van der Waals surface area contributed by atoms with E-state index >= 15 is 0 Å². The molecule has 7 nitrogen and oxygen atoms in total. The fourth-order valence-electron chi connectivity index (χ4n) is 4.10. The van der Waals surface area contributed by atoms with Gasteiger partial charge in [-0.2, -0.15) is 10.2 Å². The summed E-state index contributed by atoms with van der Waals surface area (Å²) in [7, 11) is 0. The zero-order valence-electron chi connectivity index (χ0n) is 17.4. The molecule has 152 valence electrons. The fraction of sp³-hybridized carbons (Fsp3) is 0.261. The van der Waals surface area contributed by atoms with E-state index in [9.17, 15) is 0 Å². The molecule has 5 rings (SSSR count). The van der Waals surface area contributed by atoms with Crippen LogP contribution in [0.15, 0.2) is 42.7 Å². The molecule has 7 heteroatoms. The Bertz CT molecular complexity index is 1250.